The summed E-state index contributed by atoms with van der Waals surface area (Å²) in [6, 6.07) is 11.2. The summed E-state index contributed by atoms with van der Waals surface area (Å²) in [5.41, 5.74) is 2.94. The van der Waals surface area contributed by atoms with E-state index in [-0.39, 0.29) is 52.3 Å². The first-order valence-corrected chi connectivity index (χ1v) is 22.1. The van der Waals surface area contributed by atoms with Crippen LogP contribution in [0.1, 0.15) is 57.5 Å². The number of halogens is 1. The van der Waals surface area contributed by atoms with E-state index >= 15 is 4.21 Å². The minimum atomic E-state index is -3.75. The highest BCUT2D eigenvalue weighted by Gasteiger charge is 2.72. The van der Waals surface area contributed by atoms with Crippen molar-refractivity contribution < 1.29 is 32.7 Å². The molecule has 2 aliphatic carbocycles. The van der Waals surface area contributed by atoms with Gasteiger partial charge in [0.25, 0.3) is 11.8 Å². The van der Waals surface area contributed by atoms with Crippen molar-refractivity contribution in [2.75, 3.05) is 64.8 Å². The summed E-state index contributed by atoms with van der Waals surface area (Å²) in [6.45, 7) is 3.28. The average Bonchev–Trinajstić information content (AvgIpc) is 3.77. The Hall–Kier alpha value is -3.73. The third-order valence-electron chi connectivity index (χ3n) is 14.3. The molecule has 304 valence electrons. The van der Waals surface area contributed by atoms with Crippen molar-refractivity contribution in [2.24, 2.45) is 29.2 Å². The lowest BCUT2D eigenvalue weighted by atomic mass is 9.60. The molecule has 3 saturated heterocycles. The molecule has 10 atom stereocenters. The number of nitrogens with one attached hydrogen (secondary N) is 2. The Morgan fingerprint density at radius 2 is 2.00 bits per heavy atom. The largest absolute Gasteiger partial charge is 0.490 e. The number of ether oxygens (including phenoxy) is 4. The second kappa shape index (κ2) is 13.7. The molecular weight excluding hydrogens is 770 g/mol. The Bertz CT molecular complexity index is 2280. The zero-order valence-corrected chi connectivity index (χ0v) is 34.3. The fourth-order valence-electron chi connectivity index (χ4n) is 11.7. The van der Waals surface area contributed by atoms with Gasteiger partial charge in [-0.15, -0.1) is 9.46 Å². The van der Waals surface area contributed by atoms with Crippen LogP contribution in [0.5, 0.6) is 11.6 Å². The Labute approximate surface area is 338 Å². The number of methoxy groups -OCH3 is 2. The zero-order valence-electron chi connectivity index (χ0n) is 32.7. The van der Waals surface area contributed by atoms with Crippen molar-refractivity contribution in [1.29, 1.82) is 0 Å². The Morgan fingerprint density at radius 3 is 2.79 bits per heavy atom. The molecule has 4 bridgehead atoms. The fraction of sp³-hybridized carbons (Fsp3) is 0.585. The van der Waals surface area contributed by atoms with Crippen LogP contribution in [-0.2, 0) is 38.3 Å². The third kappa shape index (κ3) is 5.85. The van der Waals surface area contributed by atoms with Gasteiger partial charge in [0.2, 0.25) is 5.88 Å². The standard InChI is InChI=1S/C41H50ClN7O7S/c1-47-18-30-35(53-3)27-10-7-25(27)16-49-21-40(13-5-6-23-14-26(42)9-11-29(23)40)22-56-33-12-8-24(15-32(33)49)37(50)45-57(52,20-31-36-41(30,43-31)34(47)19-55-36)46-38(51)28-17-48(2)44-39(28)54-4/h8-9,11-12,14-15,17,25,27,30-31,34-36,43H,5-7,10,13,16,18-22H2,1-4H3,(H,45,46,50,51,52)/t25-,27+,30+,31+,34-,35+,36+,40-,41+,57?/m0/s1. The Kier molecular flexibility index (Phi) is 9.00. The molecule has 14 nitrogen and oxygen atoms in total. The highest BCUT2D eigenvalue weighted by atomic mass is 35.5. The van der Waals surface area contributed by atoms with E-state index in [0.29, 0.717) is 37.3 Å². The topological polar surface area (TPSA) is 149 Å². The highest BCUT2D eigenvalue weighted by Crippen LogP contribution is 2.55. The third-order valence-corrected chi connectivity index (χ3v) is 16.3. The number of hydrogen-bond acceptors (Lipinski definition) is 11. The highest BCUT2D eigenvalue weighted by molar-refractivity contribution is 7.92. The molecule has 2 spiro atoms. The van der Waals surface area contributed by atoms with Crippen LogP contribution in [0, 0.1) is 17.8 Å². The summed E-state index contributed by atoms with van der Waals surface area (Å²) in [5.74, 6) is -0.0259. The SMILES string of the molecule is COc1nn(C)cc1C(=O)NS1(=O)=NC(=O)c2ccc3c(c2)N(C[C@@H]2CC[C@H]2[C@@H](OC)[C@H]2CN(C)[C@H]4CO[C@@H]5[C@@H](C1)N[C@@]254)C[C@@]1(CCCc2cc(Cl)ccc21)CO3. The molecule has 1 aromatic heterocycles. The van der Waals surface area contributed by atoms with Gasteiger partial charge < -0.3 is 29.2 Å². The molecule has 2 aromatic carbocycles. The Morgan fingerprint density at radius 1 is 1.14 bits per heavy atom. The molecule has 0 radical (unpaired) electrons. The van der Waals surface area contributed by atoms with E-state index in [1.54, 1.807) is 13.1 Å². The number of benzene rings is 2. The number of carbonyl (C=O) groups excluding carboxylic acids is 2. The molecule has 57 heavy (non-hydrogen) atoms. The fourth-order valence-corrected chi connectivity index (χ4v) is 13.6. The molecule has 7 heterocycles. The quantitative estimate of drug-likeness (QED) is 0.398. The van der Waals surface area contributed by atoms with Gasteiger partial charge in [-0.1, -0.05) is 17.7 Å². The number of aryl methyl sites for hydroxylation is 2. The van der Waals surface area contributed by atoms with Crippen LogP contribution in [-0.4, -0.2) is 120 Å². The second-order valence-electron chi connectivity index (χ2n) is 17.3. The molecule has 1 unspecified atom stereocenters. The predicted octanol–water partition coefficient (Wildman–Crippen LogP) is 3.60. The second-order valence-corrected chi connectivity index (χ2v) is 19.8. The van der Waals surface area contributed by atoms with Crippen molar-refractivity contribution in [2.45, 2.75) is 67.3 Å². The van der Waals surface area contributed by atoms with E-state index in [1.165, 1.54) is 29.1 Å². The zero-order chi connectivity index (χ0) is 39.4. The van der Waals surface area contributed by atoms with Gasteiger partial charge in [-0.25, -0.2) is 4.21 Å². The molecule has 1 saturated carbocycles. The smallest absolute Gasteiger partial charge is 0.286 e. The minimum Gasteiger partial charge on any atom is -0.490 e. The van der Waals surface area contributed by atoms with E-state index in [2.05, 4.69) is 48.5 Å². The van der Waals surface area contributed by atoms with E-state index in [1.807, 2.05) is 25.3 Å². The van der Waals surface area contributed by atoms with E-state index < -0.39 is 33.3 Å². The number of rotatable bonds is 4. The van der Waals surface area contributed by atoms with Crippen LogP contribution in [0.3, 0.4) is 0 Å². The average molecular weight is 820 g/mol. The molecular formula is C41H50ClN7O7S. The maximum absolute atomic E-state index is 15.1. The summed E-state index contributed by atoms with van der Waals surface area (Å²) >= 11 is 6.52. The number of likely N-dealkylation sites (tertiary alicyclic amines) is 1. The monoisotopic (exact) mass is 819 g/mol. The number of carbonyl (C=O) groups is 2. The Balaban J connectivity index is 1.09. The van der Waals surface area contributed by atoms with Crippen molar-refractivity contribution in [3.8, 4) is 11.6 Å². The van der Waals surface area contributed by atoms with Gasteiger partial charge in [-0.05, 0) is 92.4 Å². The van der Waals surface area contributed by atoms with E-state index in [4.69, 9.17) is 30.5 Å². The number of likely N-dealkylation sites (N-methyl/N-ethyl adjacent to an activating group) is 1. The lowest BCUT2D eigenvalue weighted by molar-refractivity contribution is -0.115. The first-order valence-electron chi connectivity index (χ1n) is 20.1. The maximum Gasteiger partial charge on any atom is 0.286 e. The van der Waals surface area contributed by atoms with Crippen LogP contribution in [0.25, 0.3) is 0 Å². The molecule has 2 amide bonds. The summed E-state index contributed by atoms with van der Waals surface area (Å²) in [4.78, 5) is 33.0. The van der Waals surface area contributed by atoms with Crippen molar-refractivity contribution in [1.82, 2.24) is 24.7 Å². The van der Waals surface area contributed by atoms with Gasteiger partial charge in [0.05, 0.1) is 55.6 Å². The molecule has 4 fully saturated rings. The van der Waals surface area contributed by atoms with Gasteiger partial charge in [0.15, 0.2) is 0 Å². The van der Waals surface area contributed by atoms with Gasteiger partial charge >= 0.3 is 0 Å². The lowest BCUT2D eigenvalue weighted by Crippen LogP contribution is -2.81. The number of amides is 2. The van der Waals surface area contributed by atoms with E-state index in [0.717, 1.165) is 55.9 Å². The number of anilines is 1. The lowest BCUT2D eigenvalue weighted by Gasteiger charge is -2.57. The van der Waals surface area contributed by atoms with Gasteiger partial charge in [-0.2, -0.15) is 0 Å². The molecule has 2 N–H and O–H groups in total. The first-order chi connectivity index (χ1) is 27.4. The molecule has 11 rings (SSSR count). The van der Waals surface area contributed by atoms with Crippen molar-refractivity contribution >= 4 is 39.0 Å². The molecule has 3 aromatic rings. The predicted molar refractivity (Wildman–Crippen MR) is 214 cm³/mol. The number of nitrogens with zero attached hydrogens (tertiary/aromatic N) is 5. The van der Waals surface area contributed by atoms with Crippen molar-refractivity contribution in [3.05, 3.63) is 69.9 Å². The van der Waals surface area contributed by atoms with Gasteiger partial charge in [-0.3, -0.25) is 23.9 Å². The number of aromatic nitrogens is 2. The van der Waals surface area contributed by atoms with Crippen molar-refractivity contribution in [3.63, 3.8) is 0 Å². The van der Waals surface area contributed by atoms with Crippen LogP contribution in [0.15, 0.2) is 47.0 Å². The van der Waals surface area contributed by atoms with Crippen LogP contribution >= 0.6 is 11.6 Å². The van der Waals surface area contributed by atoms with Crippen LogP contribution < -0.4 is 24.4 Å². The van der Waals surface area contributed by atoms with Crippen LogP contribution in [0.4, 0.5) is 5.69 Å². The van der Waals surface area contributed by atoms with Gasteiger partial charge in [0, 0.05) is 67.9 Å². The summed E-state index contributed by atoms with van der Waals surface area (Å²) in [5, 5.41) is 8.77. The minimum absolute atomic E-state index is 0.0457. The first kappa shape index (κ1) is 37.5. The van der Waals surface area contributed by atoms with E-state index in [9.17, 15) is 9.59 Å². The normalized spacial score (nSPS) is 36.8. The van der Waals surface area contributed by atoms with Crippen LogP contribution in [0.2, 0.25) is 5.02 Å². The number of fused-ring (bicyclic) bond motifs is 4. The summed E-state index contributed by atoms with van der Waals surface area (Å²) < 4.78 is 48.8. The maximum atomic E-state index is 15.1. The summed E-state index contributed by atoms with van der Waals surface area (Å²) in [6.07, 6.45) is 6.19. The summed E-state index contributed by atoms with van der Waals surface area (Å²) in [7, 11) is 3.30. The molecule has 8 aliphatic rings. The van der Waals surface area contributed by atoms with Gasteiger partial charge in [0.1, 0.15) is 21.2 Å². The molecule has 16 heteroatoms. The number of hydrogen-bond donors (Lipinski definition) is 2. The molecule has 6 aliphatic heterocycles.